The molecule has 0 saturated carbocycles. The molecule has 4 aromatic rings. The minimum Gasteiger partial charge on any atom is -0.497 e. The third kappa shape index (κ3) is 5.53. The summed E-state index contributed by atoms with van der Waals surface area (Å²) in [5, 5.41) is 11.6. The third-order valence-corrected chi connectivity index (χ3v) is 6.15. The van der Waals surface area contributed by atoms with Crippen molar-refractivity contribution in [3.63, 3.8) is 0 Å². The van der Waals surface area contributed by atoms with Crippen LogP contribution in [0, 0.1) is 21.7 Å². The molecule has 0 saturated heterocycles. The van der Waals surface area contributed by atoms with E-state index in [1.54, 1.807) is 38.5 Å². The van der Waals surface area contributed by atoms with Gasteiger partial charge in [-0.25, -0.2) is 4.39 Å². The Morgan fingerprint density at radius 1 is 0.718 bits per heavy atom. The van der Waals surface area contributed by atoms with Crippen molar-refractivity contribution in [2.24, 2.45) is 0 Å². The molecule has 0 aliphatic carbocycles. The number of nitrogens with zero attached hydrogens (tertiary/aromatic N) is 1. The molecule has 4 rings (SSSR count). The average molecular weight is 536 g/mol. The molecule has 0 bridgehead atoms. The van der Waals surface area contributed by atoms with Crippen LogP contribution in [0.15, 0.2) is 91.0 Å². The van der Waals surface area contributed by atoms with Crippen molar-refractivity contribution in [2.45, 2.75) is 25.2 Å². The van der Waals surface area contributed by atoms with E-state index in [-0.39, 0.29) is 0 Å². The number of nitro groups is 1. The number of halogens is 2. The molecule has 0 fully saturated rings. The first-order chi connectivity index (χ1) is 18.6. The minimum atomic E-state index is -1.73. The van der Waals surface area contributed by atoms with Gasteiger partial charge in [0.25, 0.3) is 0 Å². The molecule has 0 heterocycles. The molecule has 39 heavy (non-hydrogen) atoms. The Kier molecular flexibility index (Phi) is 7.83. The number of ether oxygens (including phenoxy) is 4. The number of benzene rings is 4. The monoisotopic (exact) mass is 535 g/mol. The smallest absolute Gasteiger partial charge is 0.314 e. The van der Waals surface area contributed by atoms with Crippen LogP contribution in [0.2, 0.25) is 0 Å². The highest BCUT2D eigenvalue weighted by molar-refractivity contribution is 5.51. The van der Waals surface area contributed by atoms with Crippen molar-refractivity contribution >= 4 is 5.69 Å². The zero-order chi connectivity index (χ0) is 28.2. The maximum atomic E-state index is 14.8. The predicted molar refractivity (Wildman–Crippen MR) is 141 cm³/mol. The Bertz CT molecular complexity index is 1390. The molecule has 0 aliphatic heterocycles. The lowest BCUT2D eigenvalue weighted by Gasteiger charge is -2.42. The van der Waals surface area contributed by atoms with Crippen LogP contribution in [-0.4, -0.2) is 24.9 Å². The molecule has 7 nitrogen and oxygen atoms in total. The largest absolute Gasteiger partial charge is 0.497 e. The molecular weight excluding hydrogens is 508 g/mol. The number of nitro benzene ring substituents is 1. The van der Waals surface area contributed by atoms with E-state index < -0.39 is 39.4 Å². The van der Waals surface area contributed by atoms with Crippen LogP contribution in [0.4, 0.5) is 14.5 Å². The quantitative estimate of drug-likeness (QED) is 0.0940. The number of hydrogen-bond acceptors (Lipinski definition) is 6. The van der Waals surface area contributed by atoms with E-state index in [2.05, 4.69) is 0 Å². The second kappa shape index (κ2) is 11.1. The Labute approximate surface area is 224 Å². The maximum absolute atomic E-state index is 14.8. The Hall–Kier alpha value is -4.50. The van der Waals surface area contributed by atoms with Crippen LogP contribution in [0.3, 0.4) is 0 Å². The number of hydrogen-bond donors (Lipinski definition) is 0. The lowest BCUT2D eigenvalue weighted by Crippen LogP contribution is -2.44. The van der Waals surface area contributed by atoms with Gasteiger partial charge in [0.05, 0.1) is 19.1 Å². The van der Waals surface area contributed by atoms with Crippen LogP contribution in [0.1, 0.15) is 30.5 Å². The van der Waals surface area contributed by atoms with Gasteiger partial charge in [0.15, 0.2) is 5.82 Å². The average Bonchev–Trinajstić information content (AvgIpc) is 2.94. The van der Waals surface area contributed by atoms with E-state index in [1.165, 1.54) is 13.8 Å². The molecule has 0 amide bonds. The first kappa shape index (κ1) is 27.5. The van der Waals surface area contributed by atoms with Crippen LogP contribution < -0.4 is 14.2 Å². The van der Waals surface area contributed by atoms with Gasteiger partial charge in [-0.1, -0.05) is 54.6 Å². The second-order valence-electron chi connectivity index (χ2n) is 9.07. The molecular formula is C30H27F2NO6. The van der Waals surface area contributed by atoms with E-state index in [1.807, 2.05) is 54.6 Å². The molecule has 0 aromatic heterocycles. The van der Waals surface area contributed by atoms with Gasteiger partial charge in [-0.05, 0) is 47.0 Å². The topological polar surface area (TPSA) is 80.1 Å². The fraction of sp³-hybridized carbons (Fsp3) is 0.200. The summed E-state index contributed by atoms with van der Waals surface area (Å²) >= 11 is 0. The zero-order valence-corrected chi connectivity index (χ0v) is 21.8. The summed E-state index contributed by atoms with van der Waals surface area (Å²) in [6.07, 6.45) is 0. The van der Waals surface area contributed by atoms with Crippen LogP contribution >= 0.6 is 0 Å². The fourth-order valence-electron chi connectivity index (χ4n) is 4.40. The normalized spacial score (nSPS) is 11.6. The van der Waals surface area contributed by atoms with Crippen molar-refractivity contribution in [1.82, 2.24) is 0 Å². The van der Waals surface area contributed by atoms with E-state index in [9.17, 15) is 18.9 Å². The second-order valence-corrected chi connectivity index (χ2v) is 9.07. The summed E-state index contributed by atoms with van der Waals surface area (Å²) < 4.78 is 52.2. The zero-order valence-electron chi connectivity index (χ0n) is 21.8. The van der Waals surface area contributed by atoms with Gasteiger partial charge in [0.2, 0.25) is 17.4 Å². The molecule has 0 N–H and O–H groups in total. The van der Waals surface area contributed by atoms with Gasteiger partial charge >= 0.3 is 5.69 Å². The Morgan fingerprint density at radius 2 is 1.21 bits per heavy atom. The van der Waals surface area contributed by atoms with Gasteiger partial charge in [-0.2, -0.15) is 4.39 Å². The third-order valence-electron chi connectivity index (χ3n) is 6.15. The number of rotatable bonds is 10. The maximum Gasteiger partial charge on any atom is 0.314 e. The van der Waals surface area contributed by atoms with Gasteiger partial charge in [-0.15, -0.1) is 0 Å². The highest BCUT2D eigenvalue weighted by atomic mass is 19.2. The summed E-state index contributed by atoms with van der Waals surface area (Å²) in [5.41, 5.74) is -0.103. The van der Waals surface area contributed by atoms with Crippen LogP contribution in [-0.2, 0) is 10.3 Å². The van der Waals surface area contributed by atoms with Gasteiger partial charge in [0.1, 0.15) is 17.1 Å². The van der Waals surface area contributed by atoms with Gasteiger partial charge < -0.3 is 18.9 Å². The first-order valence-electron chi connectivity index (χ1n) is 12.0. The predicted octanol–water partition coefficient (Wildman–Crippen LogP) is 7.01. The molecule has 0 atom stereocenters. The summed E-state index contributed by atoms with van der Waals surface area (Å²) in [7, 11) is 3.10. The molecule has 202 valence electrons. The molecule has 0 unspecified atom stereocenters. The standard InChI is InChI=1S/C30H27F2NO6/c1-29(2,38-28-26(33(34)35)19-18-25(31)27(28)32)39-30(20-8-6-5-7-9-20,21-10-14-23(36-3)15-11-21)22-12-16-24(37-4)17-13-22/h5-19H,1-4H3. The van der Waals surface area contributed by atoms with Crippen molar-refractivity contribution in [2.75, 3.05) is 14.2 Å². The molecule has 9 heteroatoms. The lowest BCUT2D eigenvalue weighted by atomic mass is 9.79. The van der Waals surface area contributed by atoms with Gasteiger partial charge in [0, 0.05) is 19.9 Å². The first-order valence-corrected chi connectivity index (χ1v) is 12.0. The van der Waals surface area contributed by atoms with Crippen LogP contribution in [0.5, 0.6) is 17.2 Å². The van der Waals surface area contributed by atoms with E-state index in [4.69, 9.17) is 18.9 Å². The van der Waals surface area contributed by atoms with Crippen molar-refractivity contribution in [3.8, 4) is 17.2 Å². The lowest BCUT2D eigenvalue weighted by molar-refractivity contribution is -0.387. The highest BCUT2D eigenvalue weighted by Crippen LogP contribution is 2.45. The summed E-state index contributed by atoms with van der Waals surface area (Å²) in [4.78, 5) is 10.8. The van der Waals surface area contributed by atoms with E-state index in [0.29, 0.717) is 34.3 Å². The Morgan fingerprint density at radius 3 is 1.67 bits per heavy atom. The number of methoxy groups -OCH3 is 2. The van der Waals surface area contributed by atoms with Crippen molar-refractivity contribution in [3.05, 3.63) is 129 Å². The van der Waals surface area contributed by atoms with E-state index >= 15 is 0 Å². The molecule has 0 aliphatic rings. The minimum absolute atomic E-state index is 0.614. The van der Waals surface area contributed by atoms with E-state index in [0.717, 1.165) is 6.07 Å². The van der Waals surface area contributed by atoms with Crippen molar-refractivity contribution in [1.29, 1.82) is 0 Å². The Balaban J connectivity index is 1.94. The summed E-state index contributed by atoms with van der Waals surface area (Å²) in [5.74, 6) is -4.14. The summed E-state index contributed by atoms with van der Waals surface area (Å²) in [6, 6.07) is 25.1. The fourth-order valence-corrected chi connectivity index (χ4v) is 4.40. The van der Waals surface area contributed by atoms with Gasteiger partial charge in [-0.3, -0.25) is 10.1 Å². The summed E-state index contributed by atoms with van der Waals surface area (Å²) in [6.45, 7) is 2.96. The van der Waals surface area contributed by atoms with Crippen molar-refractivity contribution < 1.29 is 32.7 Å². The SMILES string of the molecule is COc1ccc(C(OC(C)(C)Oc2c([N+](=O)[O-])ccc(F)c2F)(c2ccccc2)c2ccc(OC)cc2)cc1. The molecule has 0 radical (unpaired) electrons. The van der Waals surface area contributed by atoms with Crippen LogP contribution in [0.25, 0.3) is 0 Å². The molecule has 4 aromatic carbocycles. The molecule has 0 spiro atoms. The highest BCUT2D eigenvalue weighted by Gasteiger charge is 2.44.